The van der Waals surface area contributed by atoms with E-state index < -0.39 is 0 Å². The third-order valence-corrected chi connectivity index (χ3v) is 4.80. The minimum absolute atomic E-state index is 0.0510. The van der Waals surface area contributed by atoms with Gasteiger partial charge in [-0.1, -0.05) is 49.4 Å². The van der Waals surface area contributed by atoms with Crippen LogP contribution in [0.3, 0.4) is 0 Å². The Kier molecular flexibility index (Phi) is 4.33. The summed E-state index contributed by atoms with van der Waals surface area (Å²) in [5.74, 6) is 0.730. The molecule has 0 aromatic heterocycles. The lowest BCUT2D eigenvalue weighted by molar-refractivity contribution is -0.121. The van der Waals surface area contributed by atoms with E-state index in [-0.39, 0.29) is 17.6 Å². The second-order valence-corrected chi connectivity index (χ2v) is 6.25. The van der Waals surface area contributed by atoms with Crippen molar-refractivity contribution < 1.29 is 9.90 Å². The predicted molar refractivity (Wildman–Crippen MR) is 93.4 cm³/mol. The zero-order valence-electron chi connectivity index (χ0n) is 13.6. The number of benzene rings is 2. The Morgan fingerprint density at radius 1 is 1.13 bits per heavy atom. The van der Waals surface area contributed by atoms with Crippen molar-refractivity contribution in [3.8, 4) is 5.75 Å². The molecule has 2 aromatic carbocycles. The van der Waals surface area contributed by atoms with Crippen LogP contribution in [-0.2, 0) is 4.79 Å². The quantitative estimate of drug-likeness (QED) is 0.875. The molecule has 0 aliphatic heterocycles. The second-order valence-electron chi connectivity index (χ2n) is 6.25. The van der Waals surface area contributed by atoms with Crippen molar-refractivity contribution in [2.75, 3.05) is 0 Å². The summed E-state index contributed by atoms with van der Waals surface area (Å²) in [4.78, 5) is 12.5. The van der Waals surface area contributed by atoms with Crippen LogP contribution in [0, 0.1) is 12.8 Å². The number of phenols is 1. The molecule has 0 saturated carbocycles. The highest BCUT2D eigenvalue weighted by Crippen LogP contribution is 2.44. The first-order chi connectivity index (χ1) is 11.1. The molecule has 0 spiro atoms. The normalized spacial score (nSPS) is 20.3. The number of rotatable bonds is 4. The topological polar surface area (TPSA) is 37.3 Å². The van der Waals surface area contributed by atoms with Gasteiger partial charge >= 0.3 is 0 Å². The van der Waals surface area contributed by atoms with Gasteiger partial charge in [-0.25, -0.2) is 0 Å². The molecule has 2 aromatic rings. The molecule has 0 bridgehead atoms. The van der Waals surface area contributed by atoms with E-state index in [9.17, 15) is 9.90 Å². The molecule has 2 unspecified atom stereocenters. The largest absolute Gasteiger partial charge is 0.508 e. The van der Waals surface area contributed by atoms with Crippen molar-refractivity contribution in [2.45, 2.75) is 32.6 Å². The number of hydrogen-bond acceptors (Lipinski definition) is 2. The zero-order chi connectivity index (χ0) is 16.4. The Balaban J connectivity index is 1.97. The van der Waals surface area contributed by atoms with Crippen molar-refractivity contribution in [1.82, 2.24) is 0 Å². The van der Waals surface area contributed by atoms with Gasteiger partial charge in [0.2, 0.25) is 0 Å². The molecule has 2 nitrogen and oxygen atoms in total. The van der Waals surface area contributed by atoms with Crippen LogP contribution in [-0.4, -0.2) is 10.9 Å². The highest BCUT2D eigenvalue weighted by Gasteiger charge is 2.33. The Bertz CT molecular complexity index is 741. The molecule has 23 heavy (non-hydrogen) atoms. The smallest absolute Gasteiger partial charge is 0.140 e. The Hall–Kier alpha value is -2.35. The Labute approximate surface area is 137 Å². The van der Waals surface area contributed by atoms with E-state index in [1.165, 1.54) is 16.7 Å². The van der Waals surface area contributed by atoms with Crippen molar-refractivity contribution in [1.29, 1.82) is 0 Å². The number of carbonyl (C=O) groups excluding carboxylic acids is 1. The average molecular weight is 306 g/mol. The molecule has 1 N–H and O–H groups in total. The van der Waals surface area contributed by atoms with Gasteiger partial charge in [-0.15, -0.1) is 0 Å². The van der Waals surface area contributed by atoms with Gasteiger partial charge in [0.25, 0.3) is 0 Å². The van der Waals surface area contributed by atoms with E-state index in [4.69, 9.17) is 0 Å². The maximum Gasteiger partial charge on any atom is 0.140 e. The molecule has 0 amide bonds. The van der Waals surface area contributed by atoms with Gasteiger partial charge in [-0.2, -0.15) is 0 Å². The fourth-order valence-corrected chi connectivity index (χ4v) is 3.51. The van der Waals surface area contributed by atoms with Crippen molar-refractivity contribution in [3.05, 3.63) is 71.3 Å². The van der Waals surface area contributed by atoms with Crippen LogP contribution in [0.15, 0.2) is 54.6 Å². The highest BCUT2D eigenvalue weighted by atomic mass is 16.3. The van der Waals surface area contributed by atoms with Gasteiger partial charge in [-0.3, -0.25) is 4.79 Å². The minimum Gasteiger partial charge on any atom is -0.508 e. The average Bonchev–Trinajstić information content (AvgIpc) is 3.00. The summed E-state index contributed by atoms with van der Waals surface area (Å²) in [5, 5.41) is 9.47. The fourth-order valence-electron chi connectivity index (χ4n) is 3.51. The summed E-state index contributed by atoms with van der Waals surface area (Å²) in [6.45, 7) is 4.05. The molecule has 1 aliphatic carbocycles. The lowest BCUT2D eigenvalue weighted by Gasteiger charge is -2.20. The zero-order valence-corrected chi connectivity index (χ0v) is 13.6. The number of allylic oxidation sites excluding steroid dienone is 2. The molecule has 2 heteroatoms. The van der Waals surface area contributed by atoms with E-state index in [0.29, 0.717) is 12.2 Å². The molecular formula is C21H22O2. The molecule has 0 heterocycles. The molecule has 2 atom stereocenters. The van der Waals surface area contributed by atoms with Gasteiger partial charge in [-0.05, 0) is 47.7 Å². The monoisotopic (exact) mass is 306 g/mol. The second kappa shape index (κ2) is 6.41. The first kappa shape index (κ1) is 15.5. The van der Waals surface area contributed by atoms with Crippen molar-refractivity contribution in [2.24, 2.45) is 5.92 Å². The van der Waals surface area contributed by atoms with E-state index in [1.54, 1.807) is 12.1 Å². The lowest BCUT2D eigenvalue weighted by atomic mass is 9.82. The van der Waals surface area contributed by atoms with Gasteiger partial charge in [0.15, 0.2) is 0 Å². The summed E-state index contributed by atoms with van der Waals surface area (Å²) in [6.07, 6.45) is 3.56. The summed E-state index contributed by atoms with van der Waals surface area (Å²) in [6, 6.07) is 15.6. The standard InChI is InChI=1S/C21H22O2/c1-3-21(23)20-13-16(15-8-10-17(22)11-9-15)12-19(20)18-7-5-4-6-14(18)2/h4-11,13,19-20,22H,3,12H2,1-2H3. The number of phenolic OH excluding ortho intramolecular Hbond substituents is 1. The molecule has 0 fully saturated rings. The van der Waals surface area contributed by atoms with Crippen LogP contribution in [0.5, 0.6) is 5.75 Å². The number of carbonyl (C=O) groups is 1. The molecule has 3 rings (SSSR count). The SMILES string of the molecule is CCC(=O)C1C=C(c2ccc(O)cc2)CC1c1ccccc1C. The third-order valence-electron chi connectivity index (χ3n) is 4.80. The Morgan fingerprint density at radius 2 is 1.83 bits per heavy atom. The summed E-state index contributed by atoms with van der Waals surface area (Å²) < 4.78 is 0. The first-order valence-corrected chi connectivity index (χ1v) is 8.18. The van der Waals surface area contributed by atoms with Crippen LogP contribution >= 0.6 is 0 Å². The maximum absolute atomic E-state index is 12.5. The number of hydrogen-bond donors (Lipinski definition) is 1. The first-order valence-electron chi connectivity index (χ1n) is 8.18. The van der Waals surface area contributed by atoms with Crippen LogP contribution in [0.1, 0.15) is 42.4 Å². The minimum atomic E-state index is -0.0510. The third kappa shape index (κ3) is 3.07. The highest BCUT2D eigenvalue weighted by molar-refractivity contribution is 5.88. The number of Topliss-reactive ketones (excluding diaryl/α,β-unsaturated/α-hetero) is 1. The number of ketones is 1. The van der Waals surface area contributed by atoms with Crippen LogP contribution < -0.4 is 0 Å². The van der Waals surface area contributed by atoms with Gasteiger partial charge in [0, 0.05) is 18.3 Å². The fraction of sp³-hybridized carbons (Fsp3) is 0.286. The van der Waals surface area contributed by atoms with E-state index in [1.807, 2.05) is 31.2 Å². The van der Waals surface area contributed by atoms with Gasteiger partial charge in [0.1, 0.15) is 11.5 Å². The maximum atomic E-state index is 12.5. The van der Waals surface area contributed by atoms with Crippen LogP contribution in [0.2, 0.25) is 0 Å². The van der Waals surface area contributed by atoms with Gasteiger partial charge < -0.3 is 5.11 Å². The van der Waals surface area contributed by atoms with Crippen LogP contribution in [0.25, 0.3) is 5.57 Å². The molecule has 118 valence electrons. The number of aryl methyl sites for hydroxylation is 1. The van der Waals surface area contributed by atoms with Gasteiger partial charge in [0.05, 0.1) is 0 Å². The number of aromatic hydroxyl groups is 1. The molecule has 1 aliphatic rings. The summed E-state index contributed by atoms with van der Waals surface area (Å²) in [7, 11) is 0. The van der Waals surface area contributed by atoms with Crippen molar-refractivity contribution >= 4 is 11.4 Å². The molecule has 0 saturated heterocycles. The summed E-state index contributed by atoms with van der Waals surface area (Å²) in [5.41, 5.74) is 4.80. The Morgan fingerprint density at radius 3 is 2.48 bits per heavy atom. The lowest BCUT2D eigenvalue weighted by Crippen LogP contribution is -2.17. The van der Waals surface area contributed by atoms with E-state index in [2.05, 4.69) is 25.1 Å². The van der Waals surface area contributed by atoms with E-state index >= 15 is 0 Å². The molecular weight excluding hydrogens is 284 g/mol. The summed E-state index contributed by atoms with van der Waals surface area (Å²) >= 11 is 0. The van der Waals surface area contributed by atoms with Crippen LogP contribution in [0.4, 0.5) is 0 Å². The van der Waals surface area contributed by atoms with Crippen molar-refractivity contribution in [3.63, 3.8) is 0 Å². The van der Waals surface area contributed by atoms with E-state index in [0.717, 1.165) is 12.0 Å². The predicted octanol–water partition coefficient (Wildman–Crippen LogP) is 4.87. The molecule has 0 radical (unpaired) electrons.